The first-order chi connectivity index (χ1) is 17.3. The van der Waals surface area contributed by atoms with Gasteiger partial charge in [-0.2, -0.15) is 0 Å². The Balaban J connectivity index is 6.09. The summed E-state index contributed by atoms with van der Waals surface area (Å²) in [5, 5.41) is 0.283. The first-order valence-electron chi connectivity index (χ1n) is 15.5. The summed E-state index contributed by atoms with van der Waals surface area (Å²) in [4.78, 5) is 0. The Kier molecular flexibility index (Phi) is 15.2. The summed E-state index contributed by atoms with van der Waals surface area (Å²) < 4.78 is 20.0. The van der Waals surface area contributed by atoms with Gasteiger partial charge >= 0.3 is 0 Å². The topological polar surface area (TPSA) is 27.7 Å². The van der Waals surface area contributed by atoms with Crippen molar-refractivity contribution in [3.8, 4) is 0 Å². The van der Waals surface area contributed by atoms with Gasteiger partial charge in [-0.3, -0.25) is 0 Å². The highest BCUT2D eigenvalue weighted by Crippen LogP contribution is 2.48. The van der Waals surface area contributed by atoms with Gasteiger partial charge in [0.2, 0.25) is 0 Å². The molecule has 232 valence electrons. The van der Waals surface area contributed by atoms with Crippen LogP contribution < -0.4 is 0 Å². The number of allylic oxidation sites excluding steroid dienone is 2. The molecule has 0 amide bonds. The Hall–Kier alpha value is 0.228. The second-order valence-electron chi connectivity index (χ2n) is 17.0. The summed E-state index contributed by atoms with van der Waals surface area (Å²) >= 11 is 0. The van der Waals surface area contributed by atoms with Crippen molar-refractivity contribution in [1.29, 1.82) is 0 Å². The minimum absolute atomic E-state index is 0.142. The third-order valence-corrected chi connectivity index (χ3v) is 22.5. The molecule has 0 bridgehead atoms. The van der Waals surface area contributed by atoms with Gasteiger partial charge in [-0.1, -0.05) is 107 Å². The van der Waals surface area contributed by atoms with E-state index in [0.717, 1.165) is 25.3 Å². The Morgan fingerprint density at radius 1 is 0.564 bits per heavy atom. The molecule has 3 nitrogen and oxygen atoms in total. The summed E-state index contributed by atoms with van der Waals surface area (Å²) in [7, 11) is -6.32. The molecule has 0 saturated heterocycles. The molecule has 0 aromatic rings. The highest BCUT2D eigenvalue weighted by Gasteiger charge is 2.50. The highest BCUT2D eigenvalue weighted by molar-refractivity contribution is 6.89. The van der Waals surface area contributed by atoms with Gasteiger partial charge in [-0.15, -0.1) is 0 Å². The van der Waals surface area contributed by atoms with Crippen molar-refractivity contribution >= 4 is 34.7 Å². The maximum atomic E-state index is 7.61. The number of hydrogen-bond acceptors (Lipinski definition) is 3. The van der Waals surface area contributed by atoms with E-state index in [1.54, 1.807) is 0 Å². The molecule has 0 N–H and O–H groups in total. The van der Waals surface area contributed by atoms with E-state index >= 15 is 0 Å². The van der Waals surface area contributed by atoms with Crippen LogP contribution in [0.1, 0.15) is 83.1 Å². The van der Waals surface area contributed by atoms with Gasteiger partial charge < -0.3 is 13.0 Å². The van der Waals surface area contributed by atoms with Crippen molar-refractivity contribution in [2.75, 3.05) is 13.2 Å². The molecule has 0 aliphatic rings. The van der Waals surface area contributed by atoms with E-state index < -0.39 is 34.7 Å². The second-order valence-corrected chi connectivity index (χ2v) is 31.5. The highest BCUT2D eigenvalue weighted by atomic mass is 28.4. The summed E-state index contributed by atoms with van der Waals surface area (Å²) in [6.07, 6.45) is 9.79. The summed E-state index contributed by atoms with van der Waals surface area (Å²) in [5.41, 5.74) is 0.371. The van der Waals surface area contributed by atoms with Crippen LogP contribution in [-0.2, 0) is 13.0 Å². The summed E-state index contributed by atoms with van der Waals surface area (Å²) in [5.74, 6) is 0.843. The fourth-order valence-corrected chi connectivity index (χ4v) is 14.9. The zero-order valence-corrected chi connectivity index (χ0v) is 34.0. The van der Waals surface area contributed by atoms with Crippen molar-refractivity contribution in [2.24, 2.45) is 22.7 Å². The Labute approximate surface area is 251 Å². The first-order valence-corrected chi connectivity index (χ1v) is 26.3. The van der Waals surface area contributed by atoms with Crippen LogP contribution in [0.25, 0.3) is 0 Å². The molecular weight excluding hydrogens is 545 g/mol. The van der Waals surface area contributed by atoms with E-state index in [0.29, 0.717) is 11.8 Å². The normalized spacial score (nSPS) is 19.2. The molecule has 0 rings (SSSR count). The fourth-order valence-electron chi connectivity index (χ4n) is 4.19. The smallest absolute Gasteiger partial charge is 0.185 e. The summed E-state index contributed by atoms with van der Waals surface area (Å²) in [6.45, 7) is 44.1. The maximum absolute atomic E-state index is 7.61. The van der Waals surface area contributed by atoms with Crippen LogP contribution in [0.5, 0.6) is 0 Å². The average molecular weight is 615 g/mol. The van der Waals surface area contributed by atoms with Gasteiger partial charge in [0, 0.05) is 25.0 Å². The van der Waals surface area contributed by atoms with Gasteiger partial charge in [-0.25, -0.2) is 0 Å². The fraction of sp³-hybridized carbons (Fsp3) is 0.875. The van der Waals surface area contributed by atoms with Crippen molar-refractivity contribution in [3.63, 3.8) is 0 Å². The van der Waals surface area contributed by atoms with Gasteiger partial charge in [0.1, 0.15) is 0 Å². The molecule has 0 aromatic carbocycles. The minimum Gasteiger partial charge on any atom is -0.454 e. The van der Waals surface area contributed by atoms with E-state index in [4.69, 9.17) is 13.0 Å². The van der Waals surface area contributed by atoms with Gasteiger partial charge in [0.15, 0.2) is 34.7 Å². The largest absolute Gasteiger partial charge is 0.454 e. The first kappa shape index (κ1) is 39.2. The molecule has 0 aromatic heterocycles. The lowest BCUT2D eigenvalue weighted by molar-refractivity contribution is 0.184. The van der Waals surface area contributed by atoms with Crippen LogP contribution in [-0.4, -0.2) is 47.9 Å². The standard InChI is InChI=1S/C32H70O3Si4/c1-29(2,3)27(25-33-36(13)14)21-19-23-38(17,31(7,8)9)35-39(18,32(10,11)12)24-20-22-28(30(4,5)6)26-34-37(15)16/h19-22,27-28,36-37H,23-26H2,1-18H3/t27-,28-,38?,39?/m0/s1. The van der Waals surface area contributed by atoms with E-state index in [2.05, 4.69) is 147 Å². The van der Waals surface area contributed by atoms with E-state index in [1.165, 1.54) is 0 Å². The monoisotopic (exact) mass is 614 g/mol. The van der Waals surface area contributed by atoms with E-state index in [-0.39, 0.29) is 20.9 Å². The quantitative estimate of drug-likeness (QED) is 0.144. The van der Waals surface area contributed by atoms with Gasteiger partial charge in [-0.05, 0) is 72.3 Å². The van der Waals surface area contributed by atoms with Crippen LogP contribution in [0.3, 0.4) is 0 Å². The molecular formula is C32H70O3Si4. The van der Waals surface area contributed by atoms with E-state index in [9.17, 15) is 0 Å². The van der Waals surface area contributed by atoms with Crippen LogP contribution >= 0.6 is 0 Å². The number of rotatable bonds is 14. The zero-order chi connectivity index (χ0) is 31.1. The molecule has 0 spiro atoms. The van der Waals surface area contributed by atoms with Crippen molar-refractivity contribution in [1.82, 2.24) is 0 Å². The lowest BCUT2D eigenvalue weighted by Gasteiger charge is -2.50. The van der Waals surface area contributed by atoms with Crippen LogP contribution in [0, 0.1) is 22.7 Å². The second kappa shape index (κ2) is 15.1. The molecule has 0 fully saturated rings. The van der Waals surface area contributed by atoms with Crippen LogP contribution in [0.2, 0.25) is 61.4 Å². The lowest BCUT2D eigenvalue weighted by atomic mass is 9.81. The molecule has 0 radical (unpaired) electrons. The molecule has 7 heteroatoms. The Morgan fingerprint density at radius 3 is 1.05 bits per heavy atom. The predicted molar refractivity (Wildman–Crippen MR) is 187 cm³/mol. The predicted octanol–water partition coefficient (Wildman–Crippen LogP) is 10.2. The van der Waals surface area contributed by atoms with Crippen LogP contribution in [0.4, 0.5) is 0 Å². The molecule has 0 saturated carbocycles. The Bertz CT molecular complexity index is 702. The zero-order valence-electron chi connectivity index (χ0n) is 29.7. The van der Waals surface area contributed by atoms with Gasteiger partial charge in [0.25, 0.3) is 0 Å². The maximum Gasteiger partial charge on any atom is 0.185 e. The lowest BCUT2D eigenvalue weighted by Crippen LogP contribution is -2.56. The molecule has 39 heavy (non-hydrogen) atoms. The van der Waals surface area contributed by atoms with Gasteiger partial charge in [0.05, 0.1) is 0 Å². The molecule has 4 atom stereocenters. The molecule has 0 aliphatic carbocycles. The minimum atomic E-state index is -2.12. The van der Waals surface area contributed by atoms with Crippen molar-refractivity contribution in [2.45, 2.75) is 145 Å². The Morgan fingerprint density at radius 2 is 0.846 bits per heavy atom. The third kappa shape index (κ3) is 13.8. The molecule has 0 heterocycles. The third-order valence-electron chi connectivity index (χ3n) is 8.82. The molecule has 0 aliphatic heterocycles. The SMILES string of the molecule is C[SiH](C)OC[C@H](C=CC[Si](C)(O[Si](C)(CC=C[C@@H](CO[SiH](C)C)C(C)(C)C)C(C)(C)C)C(C)(C)C)C(C)(C)C. The van der Waals surface area contributed by atoms with Crippen LogP contribution in [0.15, 0.2) is 24.3 Å². The van der Waals surface area contributed by atoms with Crippen molar-refractivity contribution in [3.05, 3.63) is 24.3 Å². The summed E-state index contributed by atoms with van der Waals surface area (Å²) in [6, 6.07) is 2.09. The molecule has 2 unspecified atom stereocenters. The van der Waals surface area contributed by atoms with E-state index in [1.807, 2.05) is 0 Å². The van der Waals surface area contributed by atoms with Crippen molar-refractivity contribution < 1.29 is 13.0 Å². The average Bonchev–Trinajstić information content (AvgIpc) is 2.69. The number of hydrogen-bond donors (Lipinski definition) is 0.